The molecule has 0 saturated carbocycles. The molecule has 1 aromatic carbocycles. The molecule has 124 valence electrons. The summed E-state index contributed by atoms with van der Waals surface area (Å²) in [7, 11) is 0. The van der Waals surface area contributed by atoms with Crippen LogP contribution in [0.5, 0.6) is 5.75 Å². The van der Waals surface area contributed by atoms with Crippen molar-refractivity contribution in [1.82, 2.24) is 15.2 Å². The molecule has 0 aliphatic heterocycles. The van der Waals surface area contributed by atoms with Gasteiger partial charge in [-0.25, -0.2) is 0 Å². The Hall–Kier alpha value is -2.66. The summed E-state index contributed by atoms with van der Waals surface area (Å²) in [5.74, 6) is 0.746. The van der Waals surface area contributed by atoms with Crippen molar-refractivity contribution < 1.29 is 9.84 Å². The molecule has 2 N–H and O–H groups in total. The molecule has 0 fully saturated rings. The van der Waals surface area contributed by atoms with Crippen molar-refractivity contribution in [1.29, 1.82) is 0 Å². The predicted octanol–water partition coefficient (Wildman–Crippen LogP) is 3.23. The van der Waals surface area contributed by atoms with Gasteiger partial charge < -0.3 is 9.84 Å². The Kier molecular flexibility index (Phi) is 5.23. The number of pyridine rings is 1. The van der Waals surface area contributed by atoms with E-state index in [1.807, 2.05) is 55.7 Å². The van der Waals surface area contributed by atoms with Crippen LogP contribution in [-0.2, 0) is 6.42 Å². The first kappa shape index (κ1) is 16.2. The lowest BCUT2D eigenvalue weighted by molar-refractivity contribution is 0.0420. The lowest BCUT2D eigenvalue weighted by Crippen LogP contribution is -2.29. The molecule has 2 atom stereocenters. The molecular formula is C19H21N3O2. The zero-order valence-electron chi connectivity index (χ0n) is 13.6. The number of rotatable bonds is 7. The second-order valence-electron chi connectivity index (χ2n) is 5.80. The van der Waals surface area contributed by atoms with Gasteiger partial charge in [-0.05, 0) is 49.1 Å². The largest absolute Gasteiger partial charge is 0.488 e. The predicted molar refractivity (Wildman–Crippen MR) is 92.7 cm³/mol. The molecule has 0 radical (unpaired) electrons. The molecule has 0 unspecified atom stereocenters. The van der Waals surface area contributed by atoms with Gasteiger partial charge in [0.2, 0.25) is 0 Å². The monoisotopic (exact) mass is 323 g/mol. The van der Waals surface area contributed by atoms with Crippen LogP contribution in [0.2, 0.25) is 0 Å². The molecule has 0 aliphatic rings. The molecule has 3 aromatic rings. The van der Waals surface area contributed by atoms with Gasteiger partial charge in [0, 0.05) is 24.2 Å². The highest BCUT2D eigenvalue weighted by molar-refractivity contribution is 5.62. The maximum atomic E-state index is 10.3. The van der Waals surface area contributed by atoms with Crippen LogP contribution < -0.4 is 4.74 Å². The Morgan fingerprint density at radius 2 is 1.96 bits per heavy atom. The van der Waals surface area contributed by atoms with E-state index in [1.54, 1.807) is 12.4 Å². The average Bonchev–Trinajstić information content (AvgIpc) is 3.16. The van der Waals surface area contributed by atoms with Crippen molar-refractivity contribution in [3.8, 4) is 16.9 Å². The van der Waals surface area contributed by atoms with Crippen molar-refractivity contribution in [2.75, 3.05) is 0 Å². The Morgan fingerprint density at radius 3 is 2.62 bits per heavy atom. The standard InChI is InChI=1S/C19H21N3O2/c1-14(19(23)9-4-15-3-2-10-20-11-15)24-18-7-5-16(6-8-18)17-12-21-22-13-17/h2-3,5-8,10-14,19,23H,4,9H2,1H3,(H,21,22)/t14-,19+/m1/s1. The Labute approximate surface area is 141 Å². The number of aliphatic hydroxyl groups is 1. The van der Waals surface area contributed by atoms with E-state index in [0.29, 0.717) is 6.42 Å². The Balaban J connectivity index is 1.53. The highest BCUT2D eigenvalue weighted by Crippen LogP contribution is 2.22. The molecule has 0 aliphatic carbocycles. The molecule has 0 saturated heterocycles. The normalized spacial score (nSPS) is 13.4. The number of aliphatic hydroxyl groups excluding tert-OH is 1. The molecule has 0 amide bonds. The van der Waals surface area contributed by atoms with Crippen LogP contribution in [0.25, 0.3) is 11.1 Å². The van der Waals surface area contributed by atoms with E-state index in [2.05, 4.69) is 15.2 Å². The average molecular weight is 323 g/mol. The smallest absolute Gasteiger partial charge is 0.122 e. The molecule has 3 rings (SSSR count). The maximum absolute atomic E-state index is 10.3. The number of H-pyrrole nitrogens is 1. The number of hydrogen-bond acceptors (Lipinski definition) is 4. The summed E-state index contributed by atoms with van der Waals surface area (Å²) >= 11 is 0. The number of ether oxygens (including phenoxy) is 1. The number of aromatic amines is 1. The van der Waals surface area contributed by atoms with Gasteiger partial charge in [0.25, 0.3) is 0 Å². The molecular weight excluding hydrogens is 302 g/mol. The summed E-state index contributed by atoms with van der Waals surface area (Å²) in [5, 5.41) is 17.0. The van der Waals surface area contributed by atoms with Gasteiger partial charge in [-0.2, -0.15) is 5.10 Å². The third-order valence-corrected chi connectivity index (χ3v) is 4.00. The summed E-state index contributed by atoms with van der Waals surface area (Å²) in [6.07, 6.45) is 7.81. The first-order chi connectivity index (χ1) is 11.7. The fourth-order valence-electron chi connectivity index (χ4n) is 2.52. The van der Waals surface area contributed by atoms with Gasteiger partial charge in [-0.1, -0.05) is 18.2 Å². The van der Waals surface area contributed by atoms with E-state index in [1.165, 1.54) is 0 Å². The van der Waals surface area contributed by atoms with Crippen LogP contribution >= 0.6 is 0 Å². The molecule has 2 aromatic heterocycles. The van der Waals surface area contributed by atoms with E-state index >= 15 is 0 Å². The summed E-state index contributed by atoms with van der Waals surface area (Å²) in [4.78, 5) is 4.08. The minimum Gasteiger partial charge on any atom is -0.488 e. The number of nitrogens with zero attached hydrogens (tertiary/aromatic N) is 2. The zero-order chi connectivity index (χ0) is 16.8. The number of aromatic nitrogens is 3. The van der Waals surface area contributed by atoms with Gasteiger partial charge in [0.1, 0.15) is 11.9 Å². The maximum Gasteiger partial charge on any atom is 0.122 e. The van der Waals surface area contributed by atoms with E-state index in [4.69, 9.17) is 4.74 Å². The van der Waals surface area contributed by atoms with Gasteiger partial charge in [0.05, 0.1) is 12.3 Å². The summed E-state index contributed by atoms with van der Waals surface area (Å²) < 4.78 is 5.85. The SMILES string of the molecule is C[C@@H](Oc1ccc(-c2cn[nH]c2)cc1)[C@@H](O)CCc1cccnc1. The minimum atomic E-state index is -0.529. The van der Waals surface area contributed by atoms with Crippen LogP contribution in [0.3, 0.4) is 0 Å². The van der Waals surface area contributed by atoms with Crippen molar-refractivity contribution in [2.24, 2.45) is 0 Å². The highest BCUT2D eigenvalue weighted by atomic mass is 16.5. The summed E-state index contributed by atoms with van der Waals surface area (Å²) in [6.45, 7) is 1.89. The lowest BCUT2D eigenvalue weighted by Gasteiger charge is -2.20. The fraction of sp³-hybridized carbons (Fsp3) is 0.263. The number of aryl methyl sites for hydroxylation is 1. The molecule has 2 heterocycles. The van der Waals surface area contributed by atoms with Gasteiger partial charge >= 0.3 is 0 Å². The van der Waals surface area contributed by atoms with E-state index in [-0.39, 0.29) is 6.10 Å². The molecule has 0 bridgehead atoms. The minimum absolute atomic E-state index is 0.276. The third kappa shape index (κ3) is 4.20. The topological polar surface area (TPSA) is 71.0 Å². The van der Waals surface area contributed by atoms with Gasteiger partial charge in [-0.3, -0.25) is 10.1 Å². The second-order valence-corrected chi connectivity index (χ2v) is 5.80. The number of nitrogens with one attached hydrogen (secondary N) is 1. The zero-order valence-corrected chi connectivity index (χ0v) is 13.6. The first-order valence-electron chi connectivity index (χ1n) is 8.05. The quantitative estimate of drug-likeness (QED) is 0.700. The van der Waals surface area contributed by atoms with Crippen molar-refractivity contribution >= 4 is 0 Å². The Morgan fingerprint density at radius 1 is 1.12 bits per heavy atom. The first-order valence-corrected chi connectivity index (χ1v) is 8.05. The van der Waals surface area contributed by atoms with Crippen LogP contribution in [0.1, 0.15) is 18.9 Å². The number of benzene rings is 1. The van der Waals surface area contributed by atoms with Crippen LogP contribution in [-0.4, -0.2) is 32.5 Å². The van der Waals surface area contributed by atoms with E-state index in [9.17, 15) is 5.11 Å². The van der Waals surface area contributed by atoms with Crippen LogP contribution in [0.4, 0.5) is 0 Å². The molecule has 0 spiro atoms. The summed E-state index contributed by atoms with van der Waals surface area (Å²) in [5.41, 5.74) is 3.22. The fourth-order valence-corrected chi connectivity index (χ4v) is 2.52. The lowest BCUT2D eigenvalue weighted by atomic mass is 10.1. The van der Waals surface area contributed by atoms with E-state index < -0.39 is 6.10 Å². The molecule has 5 nitrogen and oxygen atoms in total. The van der Waals surface area contributed by atoms with Crippen molar-refractivity contribution in [3.05, 3.63) is 66.7 Å². The highest BCUT2D eigenvalue weighted by Gasteiger charge is 2.16. The van der Waals surface area contributed by atoms with Gasteiger partial charge in [-0.15, -0.1) is 0 Å². The van der Waals surface area contributed by atoms with Crippen LogP contribution in [0, 0.1) is 0 Å². The second kappa shape index (κ2) is 7.75. The Bertz CT molecular complexity index is 727. The molecule has 5 heteroatoms. The number of hydrogen-bond donors (Lipinski definition) is 2. The summed E-state index contributed by atoms with van der Waals surface area (Å²) in [6, 6.07) is 11.7. The van der Waals surface area contributed by atoms with Gasteiger partial charge in [0.15, 0.2) is 0 Å². The van der Waals surface area contributed by atoms with Crippen molar-refractivity contribution in [2.45, 2.75) is 32.0 Å². The van der Waals surface area contributed by atoms with Crippen molar-refractivity contribution in [3.63, 3.8) is 0 Å². The van der Waals surface area contributed by atoms with Crippen LogP contribution in [0.15, 0.2) is 61.2 Å². The molecule has 24 heavy (non-hydrogen) atoms. The third-order valence-electron chi connectivity index (χ3n) is 4.00. The van der Waals surface area contributed by atoms with E-state index in [0.717, 1.165) is 28.9 Å².